The number of benzene rings is 2. The molecule has 29 heavy (non-hydrogen) atoms. The molecule has 0 atom stereocenters. The van der Waals surface area contributed by atoms with Crippen molar-refractivity contribution in [1.29, 1.82) is 0 Å². The fraction of sp³-hybridized carbons (Fsp3) is 0.318. The van der Waals surface area contributed by atoms with Gasteiger partial charge in [0.15, 0.2) is 6.61 Å². The molecule has 2 amide bonds. The molecule has 6 nitrogen and oxygen atoms in total. The summed E-state index contributed by atoms with van der Waals surface area (Å²) in [7, 11) is 0. The van der Waals surface area contributed by atoms with Crippen LogP contribution in [0, 0.1) is 12.7 Å². The Morgan fingerprint density at radius 2 is 1.69 bits per heavy atom. The number of carbonyl (C=O) groups is 3. The summed E-state index contributed by atoms with van der Waals surface area (Å²) >= 11 is 0. The molecule has 0 aromatic heterocycles. The van der Waals surface area contributed by atoms with Crippen LogP contribution in [0.25, 0.3) is 0 Å². The molecular formula is C22H25FN2O4. The summed E-state index contributed by atoms with van der Waals surface area (Å²) in [5, 5.41) is 4.76. The second-order valence-electron chi connectivity index (χ2n) is 7.70. The zero-order valence-corrected chi connectivity index (χ0v) is 17.0. The van der Waals surface area contributed by atoms with Crippen LogP contribution in [0.3, 0.4) is 0 Å². The van der Waals surface area contributed by atoms with Gasteiger partial charge in [0.05, 0.1) is 5.69 Å². The third-order valence-electron chi connectivity index (χ3n) is 4.17. The molecule has 2 rings (SSSR count). The van der Waals surface area contributed by atoms with Crippen LogP contribution in [0.4, 0.5) is 10.1 Å². The van der Waals surface area contributed by atoms with Gasteiger partial charge in [0.2, 0.25) is 0 Å². The molecule has 2 aromatic carbocycles. The first-order chi connectivity index (χ1) is 13.6. The third-order valence-corrected chi connectivity index (χ3v) is 4.17. The molecule has 0 saturated heterocycles. The van der Waals surface area contributed by atoms with Gasteiger partial charge in [0, 0.05) is 5.56 Å². The highest BCUT2D eigenvalue weighted by Gasteiger charge is 2.15. The number of rotatable bonds is 6. The summed E-state index contributed by atoms with van der Waals surface area (Å²) in [5.74, 6) is -2.45. The van der Waals surface area contributed by atoms with Gasteiger partial charge >= 0.3 is 5.97 Å². The lowest BCUT2D eigenvalue weighted by Crippen LogP contribution is -2.32. The van der Waals surface area contributed by atoms with E-state index in [4.69, 9.17) is 4.74 Å². The zero-order valence-electron chi connectivity index (χ0n) is 17.0. The van der Waals surface area contributed by atoms with E-state index >= 15 is 0 Å². The van der Waals surface area contributed by atoms with Gasteiger partial charge in [0.1, 0.15) is 12.4 Å². The Bertz CT molecular complexity index is 902. The summed E-state index contributed by atoms with van der Waals surface area (Å²) in [4.78, 5) is 35.6. The molecule has 0 aliphatic heterocycles. The van der Waals surface area contributed by atoms with Gasteiger partial charge in [-0.2, -0.15) is 0 Å². The smallest absolute Gasteiger partial charge is 0.325 e. The topological polar surface area (TPSA) is 84.5 Å². The number of carbonyl (C=O) groups excluding carboxylic acids is 3. The van der Waals surface area contributed by atoms with Gasteiger partial charge in [-0.15, -0.1) is 0 Å². The van der Waals surface area contributed by atoms with Crippen LogP contribution in [0.2, 0.25) is 0 Å². The average molecular weight is 400 g/mol. The fourth-order valence-electron chi connectivity index (χ4n) is 2.48. The molecule has 154 valence electrons. The Hall–Kier alpha value is -3.22. The summed E-state index contributed by atoms with van der Waals surface area (Å²) < 4.78 is 18.5. The summed E-state index contributed by atoms with van der Waals surface area (Å²) in [6, 6.07) is 11.5. The molecule has 0 radical (unpaired) electrons. The largest absolute Gasteiger partial charge is 0.454 e. The van der Waals surface area contributed by atoms with Crippen LogP contribution in [-0.2, 0) is 19.7 Å². The maximum absolute atomic E-state index is 13.7. The summed E-state index contributed by atoms with van der Waals surface area (Å²) in [6.07, 6.45) is 0. The van der Waals surface area contributed by atoms with Gasteiger partial charge in [-0.25, -0.2) is 4.39 Å². The maximum atomic E-state index is 13.7. The number of hydrogen-bond donors (Lipinski definition) is 2. The molecule has 2 aromatic rings. The Kier molecular flexibility index (Phi) is 7.09. The lowest BCUT2D eigenvalue weighted by molar-refractivity contribution is -0.146. The van der Waals surface area contributed by atoms with Crippen molar-refractivity contribution < 1.29 is 23.5 Å². The normalized spacial score (nSPS) is 10.9. The van der Waals surface area contributed by atoms with Crippen molar-refractivity contribution in [2.75, 3.05) is 18.5 Å². The number of halogens is 1. The monoisotopic (exact) mass is 400 g/mol. The van der Waals surface area contributed by atoms with Crippen molar-refractivity contribution in [1.82, 2.24) is 5.32 Å². The van der Waals surface area contributed by atoms with Crippen LogP contribution in [0.1, 0.15) is 42.3 Å². The molecular weight excluding hydrogens is 375 g/mol. The summed E-state index contributed by atoms with van der Waals surface area (Å²) in [6.45, 7) is 6.97. The molecule has 7 heteroatoms. The molecule has 0 heterocycles. The second-order valence-corrected chi connectivity index (χ2v) is 7.70. The maximum Gasteiger partial charge on any atom is 0.325 e. The number of anilines is 1. The van der Waals surface area contributed by atoms with Crippen molar-refractivity contribution in [3.63, 3.8) is 0 Å². The minimum Gasteiger partial charge on any atom is -0.454 e. The highest BCUT2D eigenvalue weighted by Crippen LogP contribution is 2.22. The summed E-state index contributed by atoms with van der Waals surface area (Å²) in [5.41, 5.74) is 2.20. The molecule has 0 saturated carbocycles. The van der Waals surface area contributed by atoms with Crippen molar-refractivity contribution in [3.05, 3.63) is 65.0 Å². The van der Waals surface area contributed by atoms with Crippen molar-refractivity contribution in [3.8, 4) is 0 Å². The lowest BCUT2D eigenvalue weighted by Gasteiger charge is -2.19. The van der Waals surface area contributed by atoms with E-state index < -0.39 is 30.2 Å². The Labute approximate surface area is 169 Å². The standard InChI is InChI=1S/C22H25FN2O4/c1-14-5-10-18(17(23)11-14)25-19(26)13-29-20(27)12-24-21(28)15-6-8-16(9-7-15)22(2,3)4/h5-11H,12-13H2,1-4H3,(H,24,28)(H,25,26). The van der Waals surface area contributed by atoms with Crippen LogP contribution >= 0.6 is 0 Å². The van der Waals surface area contributed by atoms with Crippen molar-refractivity contribution in [2.45, 2.75) is 33.1 Å². The van der Waals surface area contributed by atoms with Crippen LogP contribution in [0.15, 0.2) is 42.5 Å². The lowest BCUT2D eigenvalue weighted by atomic mass is 9.87. The number of hydrogen-bond acceptors (Lipinski definition) is 4. The molecule has 0 unspecified atom stereocenters. The van der Waals surface area contributed by atoms with Crippen LogP contribution in [-0.4, -0.2) is 30.9 Å². The second kappa shape index (κ2) is 9.32. The van der Waals surface area contributed by atoms with E-state index in [1.165, 1.54) is 12.1 Å². The van der Waals surface area contributed by atoms with Crippen molar-refractivity contribution >= 4 is 23.5 Å². The van der Waals surface area contributed by atoms with Crippen molar-refractivity contribution in [2.24, 2.45) is 0 Å². The zero-order chi connectivity index (χ0) is 21.6. The molecule has 2 N–H and O–H groups in total. The van der Waals surface area contributed by atoms with Gasteiger partial charge in [-0.1, -0.05) is 39.0 Å². The van der Waals surface area contributed by atoms with Crippen LogP contribution < -0.4 is 10.6 Å². The molecule has 0 bridgehead atoms. The van der Waals surface area contributed by atoms with Gasteiger partial charge in [-0.3, -0.25) is 14.4 Å². The van der Waals surface area contributed by atoms with E-state index in [0.29, 0.717) is 5.56 Å². The molecule has 0 aliphatic rings. The minimum absolute atomic E-state index is 0.00338. The number of ether oxygens (including phenoxy) is 1. The highest BCUT2D eigenvalue weighted by molar-refractivity contribution is 5.96. The van der Waals surface area contributed by atoms with Crippen LogP contribution in [0.5, 0.6) is 0 Å². The first kappa shape index (κ1) is 22.1. The predicted octanol–water partition coefficient (Wildman–Crippen LogP) is 3.34. The third kappa shape index (κ3) is 6.71. The SMILES string of the molecule is Cc1ccc(NC(=O)COC(=O)CNC(=O)c2ccc(C(C)(C)C)cc2)c(F)c1. The highest BCUT2D eigenvalue weighted by atomic mass is 19.1. The minimum atomic E-state index is -0.774. The molecule has 0 spiro atoms. The first-order valence-corrected chi connectivity index (χ1v) is 9.16. The number of amides is 2. The predicted molar refractivity (Wildman–Crippen MR) is 108 cm³/mol. The van der Waals surface area contributed by atoms with Gasteiger partial charge in [0.25, 0.3) is 11.8 Å². The fourth-order valence-corrected chi connectivity index (χ4v) is 2.48. The Morgan fingerprint density at radius 1 is 1.03 bits per heavy atom. The number of esters is 1. The van der Waals surface area contributed by atoms with E-state index in [2.05, 4.69) is 31.4 Å². The Morgan fingerprint density at radius 3 is 2.28 bits per heavy atom. The number of nitrogens with one attached hydrogen (secondary N) is 2. The average Bonchev–Trinajstić information content (AvgIpc) is 2.66. The van der Waals surface area contributed by atoms with E-state index in [9.17, 15) is 18.8 Å². The van der Waals surface area contributed by atoms with Gasteiger partial charge in [-0.05, 0) is 47.7 Å². The van der Waals surface area contributed by atoms with Gasteiger partial charge < -0.3 is 15.4 Å². The molecule has 0 fully saturated rings. The molecule has 0 aliphatic carbocycles. The quantitative estimate of drug-likeness (QED) is 0.729. The van der Waals surface area contributed by atoms with E-state index in [1.54, 1.807) is 25.1 Å². The Balaban J connectivity index is 1.77. The number of aryl methyl sites for hydroxylation is 1. The first-order valence-electron chi connectivity index (χ1n) is 9.16. The van der Waals surface area contributed by atoms with E-state index in [0.717, 1.165) is 11.1 Å². The van der Waals surface area contributed by atoms with E-state index in [1.807, 2.05) is 12.1 Å². The van der Waals surface area contributed by atoms with E-state index in [-0.39, 0.29) is 17.6 Å².